The fourth-order valence-electron chi connectivity index (χ4n) is 3.22. The molecule has 1 aliphatic heterocycles. The van der Waals surface area contributed by atoms with Crippen LogP contribution in [0, 0.1) is 5.82 Å². The minimum Gasteiger partial charge on any atom is -0.359 e. The summed E-state index contributed by atoms with van der Waals surface area (Å²) in [4.78, 5) is 32.1. The third-order valence-corrected chi connectivity index (χ3v) is 4.86. The van der Waals surface area contributed by atoms with Gasteiger partial charge in [0.1, 0.15) is 11.6 Å². The minimum atomic E-state index is -0.319. The molecular weight excluding hydrogens is 375 g/mol. The second kappa shape index (κ2) is 7.34. The fourth-order valence-corrected chi connectivity index (χ4v) is 3.22. The predicted octanol–water partition coefficient (Wildman–Crippen LogP) is 2.27. The molecule has 0 aliphatic carbocycles. The Balaban J connectivity index is 1.55. The molecule has 1 aromatic carbocycles. The first kappa shape index (κ1) is 18.6. The van der Waals surface area contributed by atoms with Crippen LogP contribution in [0.2, 0.25) is 0 Å². The molecule has 8 nitrogen and oxygen atoms in total. The number of anilines is 2. The number of amides is 2. The summed E-state index contributed by atoms with van der Waals surface area (Å²) in [7, 11) is 3.33. The van der Waals surface area contributed by atoms with Crippen molar-refractivity contribution in [2.45, 2.75) is 6.54 Å². The number of H-pyrrole nitrogens is 1. The number of halogens is 1. The van der Waals surface area contributed by atoms with E-state index in [1.807, 2.05) is 0 Å². The number of carbonyl (C=O) groups excluding carboxylic acids is 2. The Morgan fingerprint density at radius 1 is 1.28 bits per heavy atom. The summed E-state index contributed by atoms with van der Waals surface area (Å²) in [5.41, 5.74) is 3.24. The molecular formula is C20H19FN6O2. The minimum absolute atomic E-state index is 0.0976. The molecule has 2 amide bonds. The zero-order valence-electron chi connectivity index (χ0n) is 15.9. The number of aromatic amines is 1. The summed E-state index contributed by atoms with van der Waals surface area (Å²) in [6.07, 6.45) is 3.13. The van der Waals surface area contributed by atoms with Crippen molar-refractivity contribution in [3.05, 3.63) is 59.7 Å². The normalized spacial score (nSPS) is 13.1. The van der Waals surface area contributed by atoms with Crippen LogP contribution in [0.1, 0.15) is 15.9 Å². The van der Waals surface area contributed by atoms with E-state index in [0.29, 0.717) is 23.6 Å². The van der Waals surface area contributed by atoms with Crippen LogP contribution in [0.3, 0.4) is 0 Å². The first-order valence-electron chi connectivity index (χ1n) is 8.98. The van der Waals surface area contributed by atoms with Crippen molar-refractivity contribution in [2.75, 3.05) is 30.9 Å². The van der Waals surface area contributed by atoms with Gasteiger partial charge in [0, 0.05) is 38.0 Å². The average molecular weight is 394 g/mol. The molecule has 1 aliphatic rings. The smallest absolute Gasteiger partial charge is 0.255 e. The van der Waals surface area contributed by atoms with Crippen molar-refractivity contribution in [1.29, 1.82) is 0 Å². The largest absolute Gasteiger partial charge is 0.359 e. The van der Waals surface area contributed by atoms with E-state index in [0.717, 1.165) is 16.8 Å². The molecule has 3 aromatic rings. The average Bonchev–Trinajstić information content (AvgIpc) is 3.18. The van der Waals surface area contributed by atoms with Crippen LogP contribution in [-0.2, 0) is 11.3 Å². The summed E-state index contributed by atoms with van der Waals surface area (Å²) in [5.74, 6) is -0.0859. The lowest BCUT2D eigenvalue weighted by atomic mass is 10.1. The monoisotopic (exact) mass is 394 g/mol. The Hall–Kier alpha value is -3.75. The topological polar surface area (TPSA) is 94.2 Å². The highest BCUT2D eigenvalue weighted by atomic mass is 19.1. The zero-order chi connectivity index (χ0) is 20.5. The van der Waals surface area contributed by atoms with E-state index in [9.17, 15) is 14.0 Å². The number of likely N-dealkylation sites (N-methyl/N-ethyl adjacent to an activating group) is 1. The van der Waals surface area contributed by atoms with Gasteiger partial charge in [0.2, 0.25) is 5.91 Å². The van der Waals surface area contributed by atoms with Gasteiger partial charge in [-0.3, -0.25) is 14.7 Å². The molecule has 0 unspecified atom stereocenters. The van der Waals surface area contributed by atoms with E-state index in [1.54, 1.807) is 43.4 Å². The van der Waals surface area contributed by atoms with Crippen LogP contribution in [0.25, 0.3) is 11.3 Å². The predicted molar refractivity (Wildman–Crippen MR) is 106 cm³/mol. The molecule has 3 heterocycles. The highest BCUT2D eigenvalue weighted by Gasteiger charge is 2.24. The fraction of sp³-hybridized carbons (Fsp3) is 0.200. The Morgan fingerprint density at radius 2 is 2.03 bits per heavy atom. The molecule has 4 rings (SSSR count). The number of fused-ring (bicyclic) bond motifs is 1. The Morgan fingerprint density at radius 3 is 2.79 bits per heavy atom. The molecule has 0 fully saturated rings. The van der Waals surface area contributed by atoms with E-state index in [-0.39, 0.29) is 24.2 Å². The van der Waals surface area contributed by atoms with Crippen molar-refractivity contribution in [3.63, 3.8) is 0 Å². The molecule has 0 bridgehead atoms. The number of nitrogens with zero attached hydrogens (tertiary/aromatic N) is 4. The third-order valence-electron chi connectivity index (χ3n) is 4.86. The summed E-state index contributed by atoms with van der Waals surface area (Å²) in [5, 5.41) is 9.90. The number of hydrogen-bond donors (Lipinski definition) is 2. The van der Waals surface area contributed by atoms with Crippen molar-refractivity contribution < 1.29 is 14.0 Å². The summed E-state index contributed by atoms with van der Waals surface area (Å²) >= 11 is 0. The van der Waals surface area contributed by atoms with Crippen molar-refractivity contribution in [2.24, 2.45) is 0 Å². The van der Waals surface area contributed by atoms with Gasteiger partial charge in [-0.05, 0) is 30.3 Å². The lowest BCUT2D eigenvalue weighted by Crippen LogP contribution is -2.37. The lowest BCUT2D eigenvalue weighted by molar-refractivity contribution is -0.116. The maximum absolute atomic E-state index is 13.2. The highest BCUT2D eigenvalue weighted by molar-refractivity contribution is 6.03. The Labute approximate surface area is 166 Å². The van der Waals surface area contributed by atoms with E-state index >= 15 is 0 Å². The number of hydrogen-bond acceptors (Lipinski definition) is 5. The molecule has 29 heavy (non-hydrogen) atoms. The summed E-state index contributed by atoms with van der Waals surface area (Å²) in [6.45, 7) is 0.475. The van der Waals surface area contributed by atoms with E-state index < -0.39 is 0 Å². The lowest BCUT2D eigenvalue weighted by Gasteiger charge is -2.26. The SMILES string of the molecule is CN(Cc1cn[nH]c1-c1ccc(F)cc1)C(=O)c1cnc2c(c1)N(C)C(=O)CN2. The maximum Gasteiger partial charge on any atom is 0.255 e. The second-order valence-corrected chi connectivity index (χ2v) is 6.84. The molecule has 0 atom stereocenters. The maximum atomic E-state index is 13.2. The van der Waals surface area contributed by atoms with Gasteiger partial charge < -0.3 is 15.1 Å². The van der Waals surface area contributed by atoms with Gasteiger partial charge in [0.05, 0.1) is 29.7 Å². The Bertz CT molecular complexity index is 1080. The van der Waals surface area contributed by atoms with Crippen LogP contribution in [0.5, 0.6) is 0 Å². The van der Waals surface area contributed by atoms with Crippen LogP contribution < -0.4 is 10.2 Å². The van der Waals surface area contributed by atoms with Gasteiger partial charge >= 0.3 is 0 Å². The standard InChI is InChI=1S/C20H19FN6O2/c1-26(11-14-9-24-25-18(14)12-3-5-15(21)6-4-12)20(29)13-7-16-19(22-8-13)23-10-17(28)27(16)2/h3-9H,10-11H2,1-2H3,(H,22,23)(H,24,25). The van der Waals surface area contributed by atoms with E-state index in [2.05, 4.69) is 20.5 Å². The number of pyridine rings is 1. The molecule has 148 valence electrons. The number of nitrogens with one attached hydrogen (secondary N) is 2. The van der Waals surface area contributed by atoms with E-state index in [4.69, 9.17) is 0 Å². The molecule has 0 saturated heterocycles. The van der Waals surface area contributed by atoms with Gasteiger partial charge in [-0.15, -0.1) is 0 Å². The first-order valence-corrected chi connectivity index (χ1v) is 8.98. The van der Waals surface area contributed by atoms with Gasteiger partial charge in [-0.2, -0.15) is 5.10 Å². The molecule has 9 heteroatoms. The van der Waals surface area contributed by atoms with Crippen LogP contribution in [-0.4, -0.2) is 52.5 Å². The van der Waals surface area contributed by atoms with Crippen LogP contribution >= 0.6 is 0 Å². The van der Waals surface area contributed by atoms with Crippen molar-refractivity contribution in [3.8, 4) is 11.3 Å². The third kappa shape index (κ3) is 3.54. The van der Waals surface area contributed by atoms with Crippen molar-refractivity contribution in [1.82, 2.24) is 20.1 Å². The molecule has 2 aromatic heterocycles. The number of carbonyl (C=O) groups is 2. The highest BCUT2D eigenvalue weighted by Crippen LogP contribution is 2.28. The molecule has 0 spiro atoms. The number of rotatable bonds is 4. The number of benzene rings is 1. The summed E-state index contributed by atoms with van der Waals surface area (Å²) in [6, 6.07) is 7.71. The second-order valence-electron chi connectivity index (χ2n) is 6.84. The van der Waals surface area contributed by atoms with E-state index in [1.165, 1.54) is 23.2 Å². The Kier molecular flexibility index (Phi) is 4.71. The molecule has 2 N–H and O–H groups in total. The quantitative estimate of drug-likeness (QED) is 0.708. The molecule has 0 radical (unpaired) electrons. The molecule has 0 saturated carbocycles. The van der Waals surface area contributed by atoms with Crippen LogP contribution in [0.15, 0.2) is 42.7 Å². The summed E-state index contributed by atoms with van der Waals surface area (Å²) < 4.78 is 13.2. The van der Waals surface area contributed by atoms with Crippen LogP contribution in [0.4, 0.5) is 15.9 Å². The van der Waals surface area contributed by atoms with Gasteiger partial charge in [-0.25, -0.2) is 9.37 Å². The van der Waals surface area contributed by atoms with Crippen molar-refractivity contribution >= 4 is 23.3 Å². The zero-order valence-corrected chi connectivity index (χ0v) is 15.9. The van der Waals surface area contributed by atoms with Gasteiger partial charge in [0.25, 0.3) is 5.91 Å². The van der Waals surface area contributed by atoms with Gasteiger partial charge in [0.15, 0.2) is 0 Å². The number of aromatic nitrogens is 3. The first-order chi connectivity index (χ1) is 13.9. The van der Waals surface area contributed by atoms with Gasteiger partial charge in [-0.1, -0.05) is 0 Å².